The van der Waals surface area contributed by atoms with Crippen molar-refractivity contribution in [3.05, 3.63) is 52.9 Å². The Balaban J connectivity index is 1.39. The van der Waals surface area contributed by atoms with Crippen LogP contribution in [-0.2, 0) is 15.1 Å². The van der Waals surface area contributed by atoms with E-state index in [1.165, 1.54) is 7.11 Å². The largest absolute Gasteiger partial charge is 0.479 e. The van der Waals surface area contributed by atoms with Crippen molar-refractivity contribution in [3.63, 3.8) is 0 Å². The monoisotopic (exact) mass is 537 g/mol. The van der Waals surface area contributed by atoms with E-state index in [0.717, 1.165) is 21.7 Å². The van der Waals surface area contributed by atoms with Gasteiger partial charge in [0.05, 0.1) is 35.3 Å². The second kappa shape index (κ2) is 9.95. The average Bonchev–Trinajstić information content (AvgIpc) is 3.67. The molecule has 0 saturated carbocycles. The van der Waals surface area contributed by atoms with Gasteiger partial charge in [-0.15, -0.1) is 11.3 Å². The van der Waals surface area contributed by atoms with Crippen LogP contribution in [0.25, 0.3) is 10.4 Å². The molecule has 2 aromatic heterocycles. The van der Waals surface area contributed by atoms with Crippen molar-refractivity contribution >= 4 is 29.0 Å². The molecule has 2 N–H and O–H groups in total. The van der Waals surface area contributed by atoms with E-state index < -0.39 is 23.6 Å². The minimum atomic E-state index is -1.09. The Hall–Kier alpha value is -3.57. The van der Waals surface area contributed by atoms with E-state index in [1.54, 1.807) is 29.2 Å². The van der Waals surface area contributed by atoms with Gasteiger partial charge in [-0.05, 0) is 36.0 Å². The van der Waals surface area contributed by atoms with Gasteiger partial charge in [0.15, 0.2) is 5.76 Å². The molecule has 0 aliphatic carbocycles. The summed E-state index contributed by atoms with van der Waals surface area (Å²) in [5.41, 5.74) is 3.48. The first-order valence-electron chi connectivity index (χ1n) is 12.5. The van der Waals surface area contributed by atoms with Gasteiger partial charge in [0.1, 0.15) is 17.3 Å². The number of amidine groups is 1. The first-order chi connectivity index (χ1) is 18.1. The number of carbonyl (C=O) groups excluding carboxylic acids is 2. The number of nitrogens with zero attached hydrogens (tertiary/aromatic N) is 4. The summed E-state index contributed by atoms with van der Waals surface area (Å²) in [6, 6.07) is 8.80. The van der Waals surface area contributed by atoms with Crippen LogP contribution < -0.4 is 10.1 Å². The molecule has 11 heteroatoms. The summed E-state index contributed by atoms with van der Waals surface area (Å²) in [6.07, 6.45) is -0.468. The minimum absolute atomic E-state index is 0.107. The summed E-state index contributed by atoms with van der Waals surface area (Å²) < 4.78 is 10.5. The molecule has 3 aromatic rings. The van der Waals surface area contributed by atoms with Gasteiger partial charge in [-0.1, -0.05) is 38.1 Å². The van der Waals surface area contributed by atoms with Crippen LogP contribution in [0.1, 0.15) is 50.1 Å². The minimum Gasteiger partial charge on any atom is -0.479 e. The van der Waals surface area contributed by atoms with Crippen molar-refractivity contribution in [2.75, 3.05) is 13.7 Å². The molecule has 200 valence electrons. The predicted molar refractivity (Wildman–Crippen MR) is 142 cm³/mol. The normalized spacial score (nSPS) is 24.0. The lowest BCUT2D eigenvalue weighted by Gasteiger charge is -2.31. The third-order valence-electron chi connectivity index (χ3n) is 7.33. The van der Waals surface area contributed by atoms with Crippen molar-refractivity contribution in [2.24, 2.45) is 10.9 Å². The zero-order valence-electron chi connectivity index (χ0n) is 22.0. The fourth-order valence-corrected chi connectivity index (χ4v) is 6.00. The molecule has 2 amide bonds. The molecule has 1 saturated heterocycles. The Kier molecular flexibility index (Phi) is 6.83. The summed E-state index contributed by atoms with van der Waals surface area (Å²) >= 11 is 1.57. The molecule has 0 bridgehead atoms. The lowest BCUT2D eigenvalue weighted by molar-refractivity contribution is -0.134. The molecule has 1 unspecified atom stereocenters. The predicted octanol–water partition coefficient (Wildman–Crippen LogP) is 3.26. The van der Waals surface area contributed by atoms with E-state index in [0.29, 0.717) is 11.6 Å². The summed E-state index contributed by atoms with van der Waals surface area (Å²) in [5.74, 6) is -0.256. The van der Waals surface area contributed by atoms with E-state index in [2.05, 4.69) is 20.4 Å². The summed E-state index contributed by atoms with van der Waals surface area (Å²) in [5, 5.41) is 17.7. The van der Waals surface area contributed by atoms with E-state index in [9.17, 15) is 14.7 Å². The van der Waals surface area contributed by atoms with Crippen LogP contribution in [0.4, 0.5) is 0 Å². The van der Waals surface area contributed by atoms with E-state index in [1.807, 2.05) is 50.5 Å². The molecular formula is C27H31N5O5S. The molecule has 2 aliphatic heterocycles. The van der Waals surface area contributed by atoms with Gasteiger partial charge >= 0.3 is 0 Å². The number of ether oxygens (including phenoxy) is 1. The maximum atomic E-state index is 13.8. The Labute approximate surface area is 224 Å². The number of β-amino-alcohol motifs (C(OH)–C–C–N with tert-alkyl or cyclic N) is 1. The maximum absolute atomic E-state index is 13.8. The van der Waals surface area contributed by atoms with Crippen molar-refractivity contribution in [3.8, 4) is 16.3 Å². The number of aliphatic hydroxyl groups excluding tert-OH is 1. The molecule has 4 atom stereocenters. The van der Waals surface area contributed by atoms with Crippen molar-refractivity contribution in [1.29, 1.82) is 0 Å². The fraction of sp³-hybridized carbons (Fsp3) is 0.444. The highest BCUT2D eigenvalue weighted by Gasteiger charge is 2.48. The molecule has 1 aromatic carbocycles. The van der Waals surface area contributed by atoms with Crippen molar-refractivity contribution < 1.29 is 24.0 Å². The number of rotatable bonds is 7. The Morgan fingerprint density at radius 2 is 2.05 bits per heavy atom. The first kappa shape index (κ1) is 26.1. The highest BCUT2D eigenvalue weighted by molar-refractivity contribution is 7.13. The number of hydrogen-bond donors (Lipinski definition) is 2. The van der Waals surface area contributed by atoms with Crippen LogP contribution in [0.5, 0.6) is 5.88 Å². The number of benzene rings is 1. The van der Waals surface area contributed by atoms with Crippen LogP contribution in [0.2, 0.25) is 0 Å². The number of methoxy groups -OCH3 is 1. The summed E-state index contributed by atoms with van der Waals surface area (Å²) in [4.78, 5) is 38.4. The van der Waals surface area contributed by atoms with Gasteiger partial charge in [0.25, 0.3) is 11.8 Å². The number of aliphatic imine (C=N–C) groups is 1. The maximum Gasteiger partial charge on any atom is 0.277 e. The van der Waals surface area contributed by atoms with E-state index in [-0.39, 0.29) is 36.6 Å². The van der Waals surface area contributed by atoms with Gasteiger partial charge in [0, 0.05) is 19.0 Å². The van der Waals surface area contributed by atoms with Gasteiger partial charge < -0.3 is 24.6 Å². The summed E-state index contributed by atoms with van der Waals surface area (Å²) in [7, 11) is 1.48. The topological polar surface area (TPSA) is 130 Å². The van der Waals surface area contributed by atoms with Crippen LogP contribution in [0.3, 0.4) is 0 Å². The lowest BCUT2D eigenvalue weighted by atomic mass is 9.90. The van der Waals surface area contributed by atoms with E-state index in [4.69, 9.17) is 9.26 Å². The molecule has 4 heterocycles. The number of hydrogen-bond acceptors (Lipinski definition) is 9. The van der Waals surface area contributed by atoms with Gasteiger partial charge in [-0.2, -0.15) is 4.99 Å². The third-order valence-corrected chi connectivity index (χ3v) is 8.31. The number of aliphatic hydroxyl groups is 1. The van der Waals surface area contributed by atoms with Crippen LogP contribution in [-0.4, -0.2) is 63.6 Å². The smallest absolute Gasteiger partial charge is 0.277 e. The Morgan fingerprint density at radius 1 is 1.32 bits per heavy atom. The second-order valence-electron chi connectivity index (χ2n) is 10.3. The number of thiazole rings is 1. The zero-order chi connectivity index (χ0) is 27.2. The fourth-order valence-electron chi connectivity index (χ4n) is 5.19. The number of carbonyl (C=O) groups is 2. The molecule has 0 radical (unpaired) electrons. The SMILES string of the molecule is COc1cc(C(C(=O)N2C[C@H](O)C[C@H]2C2=NC(=O)[C@@](C)(c3ccc(-c4scnc4C)cc3)N2)C(C)C)on1. The molecule has 0 spiro atoms. The molecule has 1 fully saturated rings. The number of aromatic nitrogens is 2. The van der Waals surface area contributed by atoms with Crippen molar-refractivity contribution in [1.82, 2.24) is 20.4 Å². The van der Waals surface area contributed by atoms with E-state index >= 15 is 0 Å². The van der Waals surface area contributed by atoms with Crippen LogP contribution >= 0.6 is 11.3 Å². The quantitative estimate of drug-likeness (QED) is 0.470. The Bertz CT molecular complexity index is 1380. The highest BCUT2D eigenvalue weighted by atomic mass is 32.1. The van der Waals surface area contributed by atoms with Crippen LogP contribution in [0.15, 0.2) is 45.4 Å². The van der Waals surface area contributed by atoms with Gasteiger partial charge in [-0.25, -0.2) is 4.98 Å². The number of nitrogens with one attached hydrogen (secondary N) is 1. The molecule has 10 nitrogen and oxygen atoms in total. The average molecular weight is 538 g/mol. The third kappa shape index (κ3) is 4.49. The molecular weight excluding hydrogens is 506 g/mol. The molecule has 5 rings (SSSR count). The zero-order valence-corrected chi connectivity index (χ0v) is 22.8. The first-order valence-corrected chi connectivity index (χ1v) is 13.4. The standard InChI is InChI=1S/C27H31N5O5S/c1-14(2)22(20-11-21(36-5)31-37-20)25(34)32-12-18(33)10-19(32)24-29-26(35)27(4,30-24)17-8-6-16(7-9-17)23-15(3)28-13-38-23/h6-9,11,13-14,18-19,22,33H,10,12H2,1-5H3,(H,29,30,35)/t18-,19+,22?,27-/m1/s1. The Morgan fingerprint density at radius 3 is 2.66 bits per heavy atom. The highest BCUT2D eigenvalue weighted by Crippen LogP contribution is 2.35. The van der Waals surface area contributed by atoms with Gasteiger partial charge in [0.2, 0.25) is 5.91 Å². The number of aryl methyl sites for hydroxylation is 1. The van der Waals surface area contributed by atoms with Crippen molar-refractivity contribution in [2.45, 2.75) is 57.7 Å². The second-order valence-corrected chi connectivity index (χ2v) is 11.1. The summed E-state index contributed by atoms with van der Waals surface area (Å²) in [6.45, 7) is 7.72. The number of amides is 2. The number of likely N-dealkylation sites (tertiary alicyclic amines) is 1. The van der Waals surface area contributed by atoms with Gasteiger partial charge in [-0.3, -0.25) is 9.59 Å². The molecule has 2 aliphatic rings. The van der Waals surface area contributed by atoms with Crippen LogP contribution in [0, 0.1) is 12.8 Å². The lowest BCUT2D eigenvalue weighted by Crippen LogP contribution is -2.51. The molecule has 38 heavy (non-hydrogen) atoms.